The summed E-state index contributed by atoms with van der Waals surface area (Å²) >= 11 is 0. The number of hydrazine groups is 1. The molecular weight excluding hydrogens is 444 g/mol. The minimum Gasteiger partial charge on any atom is -0.497 e. The van der Waals surface area contributed by atoms with Crippen molar-refractivity contribution in [3.63, 3.8) is 0 Å². The normalized spacial score (nSPS) is 19.5. The Morgan fingerprint density at radius 2 is 1.77 bits per heavy atom. The van der Waals surface area contributed by atoms with E-state index in [1.165, 1.54) is 12.8 Å². The second-order valence-corrected chi connectivity index (χ2v) is 8.77. The summed E-state index contributed by atoms with van der Waals surface area (Å²) in [6, 6.07) is 16.9. The van der Waals surface area contributed by atoms with E-state index in [0.717, 1.165) is 52.9 Å². The summed E-state index contributed by atoms with van der Waals surface area (Å²) in [5, 5.41) is 11.8. The first-order chi connectivity index (χ1) is 17.1. The first-order valence-corrected chi connectivity index (χ1v) is 11.9. The summed E-state index contributed by atoms with van der Waals surface area (Å²) in [6.45, 7) is 2.09. The maximum Gasteiger partial charge on any atom is 0.242 e. The number of carbonyl (C=O) groups is 1. The van der Waals surface area contributed by atoms with Crippen LogP contribution in [0.1, 0.15) is 30.9 Å². The highest BCUT2D eigenvalue weighted by Crippen LogP contribution is 2.33. The van der Waals surface area contributed by atoms with Gasteiger partial charge in [-0.15, -0.1) is 10.2 Å². The van der Waals surface area contributed by atoms with Gasteiger partial charge in [0.25, 0.3) is 0 Å². The van der Waals surface area contributed by atoms with E-state index in [1.54, 1.807) is 14.2 Å². The van der Waals surface area contributed by atoms with E-state index < -0.39 is 0 Å². The van der Waals surface area contributed by atoms with E-state index in [2.05, 4.69) is 31.3 Å². The zero-order valence-corrected chi connectivity index (χ0v) is 20.0. The van der Waals surface area contributed by atoms with Crippen LogP contribution in [-0.4, -0.2) is 49.5 Å². The third kappa shape index (κ3) is 5.06. The molecule has 0 bridgehead atoms. The smallest absolute Gasteiger partial charge is 0.242 e. The average Bonchev–Trinajstić information content (AvgIpc) is 3.62. The van der Waals surface area contributed by atoms with Crippen molar-refractivity contribution < 1.29 is 14.3 Å². The van der Waals surface area contributed by atoms with E-state index in [-0.39, 0.29) is 18.0 Å². The van der Waals surface area contributed by atoms with Crippen LogP contribution in [0, 0.1) is 0 Å². The number of carbonyl (C=O) groups excluding carboxylic acids is 1. The Balaban J connectivity index is 1.20. The fourth-order valence-corrected chi connectivity index (χ4v) is 4.59. The first kappa shape index (κ1) is 23.1. The van der Waals surface area contributed by atoms with Gasteiger partial charge in [0.05, 0.1) is 26.0 Å². The highest BCUT2D eigenvalue weighted by atomic mass is 16.5. The number of rotatable bonds is 7. The molecule has 2 unspecified atom stereocenters. The molecule has 5 rings (SSSR count). The van der Waals surface area contributed by atoms with Crippen molar-refractivity contribution in [2.45, 2.75) is 31.3 Å². The number of nitrogens with zero attached hydrogens (tertiary/aromatic N) is 3. The van der Waals surface area contributed by atoms with Crippen LogP contribution in [0.5, 0.6) is 11.5 Å². The van der Waals surface area contributed by atoms with Crippen LogP contribution in [0.2, 0.25) is 0 Å². The molecule has 9 nitrogen and oxygen atoms in total. The lowest BCUT2D eigenvalue weighted by Crippen LogP contribution is -2.39. The van der Waals surface area contributed by atoms with Gasteiger partial charge in [-0.3, -0.25) is 4.79 Å². The monoisotopic (exact) mass is 474 g/mol. The van der Waals surface area contributed by atoms with E-state index >= 15 is 0 Å². The number of hydrogen-bond donors (Lipinski definition) is 3. The van der Waals surface area contributed by atoms with Gasteiger partial charge < -0.3 is 19.7 Å². The molecule has 9 heteroatoms. The molecule has 2 fully saturated rings. The molecule has 0 radical (unpaired) electrons. The van der Waals surface area contributed by atoms with Crippen molar-refractivity contribution in [2.24, 2.45) is 0 Å². The van der Waals surface area contributed by atoms with E-state index in [0.29, 0.717) is 6.42 Å². The number of methoxy groups -OCH3 is 2. The predicted molar refractivity (Wildman–Crippen MR) is 135 cm³/mol. The predicted octanol–water partition coefficient (Wildman–Crippen LogP) is 3.31. The van der Waals surface area contributed by atoms with Crippen LogP contribution in [0.4, 0.5) is 11.5 Å². The number of nitrogens with one attached hydrogen (secondary N) is 3. The van der Waals surface area contributed by atoms with Crippen molar-refractivity contribution in [3.8, 4) is 22.8 Å². The van der Waals surface area contributed by atoms with Crippen molar-refractivity contribution in [1.82, 2.24) is 21.0 Å². The molecule has 0 saturated carbocycles. The van der Waals surface area contributed by atoms with Gasteiger partial charge in [-0.2, -0.15) is 0 Å². The molecule has 1 amide bonds. The molecule has 35 heavy (non-hydrogen) atoms. The Labute approximate surface area is 204 Å². The van der Waals surface area contributed by atoms with Crippen molar-refractivity contribution in [2.75, 3.05) is 37.5 Å². The van der Waals surface area contributed by atoms with E-state index in [4.69, 9.17) is 9.47 Å². The molecule has 2 aliphatic rings. The molecular formula is C26H30N6O3. The molecule has 182 valence electrons. The topological polar surface area (TPSA) is 101 Å². The number of ether oxygens (including phenoxy) is 2. The third-order valence-corrected chi connectivity index (χ3v) is 6.56. The van der Waals surface area contributed by atoms with Gasteiger partial charge in [-0.05, 0) is 61.7 Å². The molecule has 2 aliphatic heterocycles. The molecule has 2 aromatic carbocycles. The van der Waals surface area contributed by atoms with Crippen molar-refractivity contribution in [3.05, 3.63) is 60.2 Å². The second-order valence-electron chi connectivity index (χ2n) is 8.77. The second kappa shape index (κ2) is 10.3. The largest absolute Gasteiger partial charge is 0.497 e. The van der Waals surface area contributed by atoms with Crippen LogP contribution in [-0.2, 0) is 4.79 Å². The Bertz CT molecular complexity index is 1160. The molecule has 0 aliphatic carbocycles. The summed E-state index contributed by atoms with van der Waals surface area (Å²) in [4.78, 5) is 15.2. The van der Waals surface area contributed by atoms with Gasteiger partial charge in [0, 0.05) is 29.9 Å². The quantitative estimate of drug-likeness (QED) is 0.480. The van der Waals surface area contributed by atoms with Crippen molar-refractivity contribution >= 4 is 17.4 Å². The maximum atomic E-state index is 12.9. The highest BCUT2D eigenvalue weighted by Gasteiger charge is 2.32. The summed E-state index contributed by atoms with van der Waals surface area (Å²) in [6.07, 6.45) is 2.99. The van der Waals surface area contributed by atoms with Gasteiger partial charge in [0.2, 0.25) is 5.91 Å². The zero-order valence-electron chi connectivity index (χ0n) is 20.0. The molecule has 0 spiro atoms. The SMILES string of the molecule is COc1ccc(OC)c(C2CC(C(=O)Nc3ccc(-c4ccc(N5CCCC5)nn4)cc3)NN2)c1. The summed E-state index contributed by atoms with van der Waals surface area (Å²) < 4.78 is 10.8. The van der Waals surface area contributed by atoms with Crippen LogP contribution in [0.25, 0.3) is 11.3 Å². The number of benzene rings is 2. The summed E-state index contributed by atoms with van der Waals surface area (Å²) in [5.74, 6) is 2.31. The Morgan fingerprint density at radius 1 is 0.971 bits per heavy atom. The summed E-state index contributed by atoms with van der Waals surface area (Å²) in [7, 11) is 3.26. The lowest BCUT2D eigenvalue weighted by Gasteiger charge is -2.15. The Hall–Kier alpha value is -3.69. The van der Waals surface area contributed by atoms with Crippen molar-refractivity contribution in [1.29, 1.82) is 0 Å². The lowest BCUT2D eigenvalue weighted by molar-refractivity contribution is -0.117. The zero-order chi connectivity index (χ0) is 24.2. The molecule has 2 atom stereocenters. The number of hydrogen-bond acceptors (Lipinski definition) is 8. The number of amides is 1. The van der Waals surface area contributed by atoms with Gasteiger partial charge in [-0.1, -0.05) is 12.1 Å². The van der Waals surface area contributed by atoms with Gasteiger partial charge in [-0.25, -0.2) is 10.9 Å². The average molecular weight is 475 g/mol. The van der Waals surface area contributed by atoms with Gasteiger partial charge in [0.1, 0.15) is 17.5 Å². The summed E-state index contributed by atoms with van der Waals surface area (Å²) in [5.41, 5.74) is 9.73. The molecule has 3 N–H and O–H groups in total. The highest BCUT2D eigenvalue weighted by molar-refractivity contribution is 5.95. The molecule has 3 heterocycles. The van der Waals surface area contributed by atoms with E-state index in [1.807, 2.05) is 54.6 Å². The molecule has 2 saturated heterocycles. The van der Waals surface area contributed by atoms with Crippen LogP contribution in [0.3, 0.4) is 0 Å². The minimum atomic E-state index is -0.389. The molecule has 3 aromatic rings. The standard InChI is InChI=1S/C26H30N6O3/c1-34-19-9-11-24(35-2)20(15-19)22-16-23(30-29-22)26(33)27-18-7-5-17(6-8-18)21-10-12-25(31-28-21)32-13-3-4-14-32/h5-12,15,22-23,29-30H,3-4,13-14,16H2,1-2H3,(H,27,33). The van der Waals surface area contributed by atoms with Crippen LogP contribution >= 0.6 is 0 Å². The lowest BCUT2D eigenvalue weighted by atomic mass is 10.0. The van der Waals surface area contributed by atoms with E-state index in [9.17, 15) is 4.79 Å². The first-order valence-electron chi connectivity index (χ1n) is 11.9. The molecule has 1 aromatic heterocycles. The van der Waals surface area contributed by atoms with Crippen LogP contribution in [0.15, 0.2) is 54.6 Å². The fourth-order valence-electron chi connectivity index (χ4n) is 4.59. The third-order valence-electron chi connectivity index (χ3n) is 6.56. The van der Waals surface area contributed by atoms with Gasteiger partial charge in [0.15, 0.2) is 5.82 Å². The number of aromatic nitrogens is 2. The van der Waals surface area contributed by atoms with Gasteiger partial charge >= 0.3 is 0 Å². The number of anilines is 2. The Morgan fingerprint density at radius 3 is 2.46 bits per heavy atom. The Kier molecular flexibility index (Phi) is 6.78. The van der Waals surface area contributed by atoms with Crippen LogP contribution < -0.4 is 30.5 Å². The fraction of sp³-hybridized carbons (Fsp3) is 0.346. The maximum absolute atomic E-state index is 12.9. The minimum absolute atomic E-state index is 0.0831.